The Labute approximate surface area is 173 Å². The number of amides is 1. The van der Waals surface area contributed by atoms with Crippen LogP contribution in [-0.2, 0) is 15.2 Å². The van der Waals surface area contributed by atoms with Gasteiger partial charge < -0.3 is 10.2 Å². The molecule has 5 heteroatoms. The molecule has 2 atom stereocenters. The number of Topliss-reactive ketones (excluding diaryl/α,β-unsaturated/α-hetero) is 1. The van der Waals surface area contributed by atoms with Gasteiger partial charge in [-0.2, -0.15) is 0 Å². The van der Waals surface area contributed by atoms with Gasteiger partial charge >= 0.3 is 0 Å². The van der Waals surface area contributed by atoms with E-state index < -0.39 is 11.5 Å². The molecule has 0 bridgehead atoms. The smallest absolute Gasteiger partial charge is 0.277 e. The van der Waals surface area contributed by atoms with Crippen LogP contribution in [0.5, 0.6) is 0 Å². The molecule has 2 aliphatic rings. The predicted octanol–water partition coefficient (Wildman–Crippen LogP) is 4.43. The maximum Gasteiger partial charge on any atom is 0.277 e. The second kappa shape index (κ2) is 7.12. The van der Waals surface area contributed by atoms with Crippen molar-refractivity contribution < 1.29 is 14.4 Å². The van der Waals surface area contributed by atoms with E-state index in [4.69, 9.17) is 4.84 Å². The molecule has 2 unspecified atom stereocenters. The van der Waals surface area contributed by atoms with E-state index in [1.54, 1.807) is 42.5 Å². The number of fused-ring (bicyclic) bond motifs is 2. The van der Waals surface area contributed by atoms with E-state index in [0.717, 1.165) is 5.56 Å². The van der Waals surface area contributed by atoms with E-state index in [2.05, 4.69) is 10.5 Å². The van der Waals surface area contributed by atoms with Crippen LogP contribution in [0.25, 0.3) is 6.08 Å². The molecule has 2 heterocycles. The minimum atomic E-state index is -1.51. The summed E-state index contributed by atoms with van der Waals surface area (Å²) in [5.74, 6) is -1.50. The average molecular weight is 394 g/mol. The van der Waals surface area contributed by atoms with Crippen LogP contribution < -0.4 is 5.32 Å². The monoisotopic (exact) mass is 394 g/mol. The highest BCUT2D eigenvalue weighted by molar-refractivity contribution is 6.23. The Morgan fingerprint density at radius 1 is 0.900 bits per heavy atom. The van der Waals surface area contributed by atoms with Crippen molar-refractivity contribution in [1.82, 2.24) is 0 Å². The standard InChI is InChI=1S/C25H18N2O3/c28-23(18-11-5-2-6-12-18)22-21(16-15-17-9-3-1-4-10-17)27-30-25(22)19-13-7-8-14-20(19)26-24(25)29/h1-16,22H,(H,26,29)/b16-15+. The number of ketones is 1. The number of allylic oxidation sites excluding steroid dienone is 1. The SMILES string of the molecule is O=C(c1ccccc1)C1C(/C=C/c2ccccc2)=NOC12C(=O)Nc1ccccc12. The van der Waals surface area contributed by atoms with Gasteiger partial charge in [0.25, 0.3) is 11.5 Å². The van der Waals surface area contributed by atoms with E-state index in [9.17, 15) is 9.59 Å². The first-order valence-corrected chi connectivity index (χ1v) is 9.69. The molecule has 1 amide bonds. The number of hydrogen-bond acceptors (Lipinski definition) is 4. The first kappa shape index (κ1) is 18.1. The summed E-state index contributed by atoms with van der Waals surface area (Å²) >= 11 is 0. The van der Waals surface area contributed by atoms with Crippen molar-refractivity contribution in [1.29, 1.82) is 0 Å². The largest absolute Gasteiger partial charge is 0.373 e. The van der Waals surface area contributed by atoms with Crippen molar-refractivity contribution in [3.05, 3.63) is 108 Å². The first-order chi connectivity index (χ1) is 14.7. The van der Waals surface area contributed by atoms with Crippen molar-refractivity contribution in [3.8, 4) is 0 Å². The molecule has 0 saturated heterocycles. The second-order valence-electron chi connectivity index (χ2n) is 7.25. The number of hydrogen-bond donors (Lipinski definition) is 1. The minimum absolute atomic E-state index is 0.212. The Balaban J connectivity index is 1.62. The van der Waals surface area contributed by atoms with Crippen molar-refractivity contribution in [2.24, 2.45) is 11.1 Å². The highest BCUT2D eigenvalue weighted by Crippen LogP contribution is 2.49. The lowest BCUT2D eigenvalue weighted by molar-refractivity contribution is -0.140. The van der Waals surface area contributed by atoms with Crippen molar-refractivity contribution in [3.63, 3.8) is 0 Å². The van der Waals surface area contributed by atoms with Gasteiger partial charge in [0, 0.05) is 16.8 Å². The molecule has 1 N–H and O–H groups in total. The molecule has 0 aromatic heterocycles. The fourth-order valence-electron chi connectivity index (χ4n) is 4.03. The predicted molar refractivity (Wildman–Crippen MR) is 115 cm³/mol. The first-order valence-electron chi connectivity index (χ1n) is 9.69. The van der Waals surface area contributed by atoms with Gasteiger partial charge in [0.2, 0.25) is 0 Å². The van der Waals surface area contributed by atoms with E-state index >= 15 is 0 Å². The van der Waals surface area contributed by atoms with Gasteiger partial charge in [-0.05, 0) is 17.7 Å². The summed E-state index contributed by atoms with van der Waals surface area (Å²) in [5, 5.41) is 7.06. The minimum Gasteiger partial charge on any atom is -0.373 e. The Hall–Kier alpha value is -3.99. The molecular weight excluding hydrogens is 376 g/mol. The van der Waals surface area contributed by atoms with Crippen LogP contribution in [0.4, 0.5) is 5.69 Å². The molecule has 1 spiro atoms. The van der Waals surface area contributed by atoms with Gasteiger partial charge in [-0.1, -0.05) is 90.1 Å². The fraction of sp³-hybridized carbons (Fsp3) is 0.0800. The van der Waals surface area contributed by atoms with Crippen molar-refractivity contribution in [2.45, 2.75) is 5.60 Å². The fourth-order valence-corrected chi connectivity index (χ4v) is 4.03. The molecule has 0 fully saturated rings. The van der Waals surface area contributed by atoms with Crippen LogP contribution in [-0.4, -0.2) is 17.4 Å². The second-order valence-corrected chi connectivity index (χ2v) is 7.25. The third-order valence-electron chi connectivity index (χ3n) is 5.48. The number of oxime groups is 1. The highest BCUT2D eigenvalue weighted by atomic mass is 16.7. The molecular formula is C25H18N2O3. The summed E-state index contributed by atoms with van der Waals surface area (Å²) in [6.45, 7) is 0. The molecule has 0 saturated carbocycles. The zero-order valence-electron chi connectivity index (χ0n) is 16.0. The molecule has 0 aliphatic carbocycles. The molecule has 3 aromatic rings. The number of rotatable bonds is 4. The van der Waals surface area contributed by atoms with Gasteiger partial charge in [0.15, 0.2) is 5.78 Å². The summed E-state index contributed by atoms with van der Waals surface area (Å²) in [6, 6.07) is 25.9. The third kappa shape index (κ3) is 2.75. The van der Waals surface area contributed by atoms with Crippen molar-refractivity contribution >= 4 is 29.2 Å². The third-order valence-corrected chi connectivity index (χ3v) is 5.48. The van der Waals surface area contributed by atoms with Crippen LogP contribution >= 0.6 is 0 Å². The average Bonchev–Trinajstić information content (AvgIpc) is 3.32. The number of carbonyl (C=O) groups is 2. The lowest BCUT2D eigenvalue weighted by Crippen LogP contribution is -2.46. The lowest BCUT2D eigenvalue weighted by atomic mass is 9.75. The topological polar surface area (TPSA) is 67.8 Å². The Kier molecular flexibility index (Phi) is 4.29. The molecule has 146 valence electrons. The number of nitrogens with zero attached hydrogens (tertiary/aromatic N) is 1. The van der Waals surface area contributed by atoms with Crippen LogP contribution in [0.15, 0.2) is 96.2 Å². The van der Waals surface area contributed by atoms with Crippen molar-refractivity contribution in [2.75, 3.05) is 5.32 Å². The molecule has 2 aliphatic heterocycles. The van der Waals surface area contributed by atoms with Crippen LogP contribution in [0.2, 0.25) is 0 Å². The number of anilines is 1. The van der Waals surface area contributed by atoms with E-state index in [1.165, 1.54) is 0 Å². The summed E-state index contributed by atoms with van der Waals surface area (Å²) < 4.78 is 0. The molecule has 5 nitrogen and oxygen atoms in total. The number of carbonyl (C=O) groups excluding carboxylic acids is 2. The van der Waals surface area contributed by atoms with Crippen LogP contribution in [0, 0.1) is 5.92 Å². The number of para-hydroxylation sites is 1. The van der Waals surface area contributed by atoms with Gasteiger partial charge in [-0.15, -0.1) is 0 Å². The van der Waals surface area contributed by atoms with Gasteiger partial charge in [-0.3, -0.25) is 9.59 Å². The zero-order valence-corrected chi connectivity index (χ0v) is 16.0. The highest BCUT2D eigenvalue weighted by Gasteiger charge is 2.62. The molecule has 3 aromatic carbocycles. The van der Waals surface area contributed by atoms with E-state index in [0.29, 0.717) is 22.5 Å². The van der Waals surface area contributed by atoms with Crippen LogP contribution in [0.1, 0.15) is 21.5 Å². The Morgan fingerprint density at radius 2 is 1.57 bits per heavy atom. The molecule has 5 rings (SSSR count). The van der Waals surface area contributed by atoms with E-state index in [1.807, 2.05) is 54.6 Å². The summed E-state index contributed by atoms with van der Waals surface area (Å²) in [4.78, 5) is 32.5. The number of nitrogens with one attached hydrogen (secondary N) is 1. The zero-order chi connectivity index (χ0) is 20.6. The number of benzene rings is 3. The maximum absolute atomic E-state index is 13.6. The van der Waals surface area contributed by atoms with Crippen LogP contribution in [0.3, 0.4) is 0 Å². The summed E-state index contributed by atoms with van der Waals surface area (Å²) in [6.07, 6.45) is 3.62. The maximum atomic E-state index is 13.6. The Morgan fingerprint density at radius 3 is 2.33 bits per heavy atom. The normalized spacial score (nSPS) is 21.9. The Bertz CT molecular complexity index is 1190. The molecule has 0 radical (unpaired) electrons. The summed E-state index contributed by atoms with van der Waals surface area (Å²) in [5.41, 5.74) is 1.63. The van der Waals surface area contributed by atoms with Gasteiger partial charge in [0.1, 0.15) is 5.92 Å². The van der Waals surface area contributed by atoms with Gasteiger partial charge in [-0.25, -0.2) is 0 Å². The van der Waals surface area contributed by atoms with E-state index in [-0.39, 0.29) is 11.7 Å². The lowest BCUT2D eigenvalue weighted by Gasteiger charge is -2.26. The quantitative estimate of drug-likeness (QED) is 0.666. The van der Waals surface area contributed by atoms with Gasteiger partial charge in [0.05, 0.1) is 5.71 Å². The summed E-state index contributed by atoms with van der Waals surface area (Å²) in [7, 11) is 0. The molecule has 30 heavy (non-hydrogen) atoms.